The van der Waals surface area contributed by atoms with E-state index in [1.165, 1.54) is 29.2 Å². The second-order valence-electron chi connectivity index (χ2n) is 16.4. The maximum Gasteiger partial charge on any atom is 0.327 e. The number of phenolic OH excluding ortho intramolecular Hbond substituents is 1. The molecule has 2 aromatic rings. The molecule has 1 aliphatic rings. The number of carbonyl (C=O) groups excluding carboxylic acids is 7. The van der Waals surface area contributed by atoms with Crippen LogP contribution in [0.4, 0.5) is 0 Å². The lowest BCUT2D eigenvalue weighted by molar-refractivity contribution is -0.143. The molecule has 24 heteroatoms. The average Bonchev–Trinajstić information content (AvgIpc) is 3.82. The number of thiol groups is 2. The van der Waals surface area contributed by atoms with E-state index in [0.29, 0.717) is 24.0 Å². The summed E-state index contributed by atoms with van der Waals surface area (Å²) in [7, 11) is 0. The number of phenols is 1. The monoisotopic (exact) mass is 987 g/mol. The molecule has 0 unspecified atom stereocenters. The van der Waals surface area contributed by atoms with Crippen LogP contribution < -0.4 is 49.1 Å². The van der Waals surface area contributed by atoms with Gasteiger partial charge in [-0.25, -0.2) is 4.79 Å². The Bertz CT molecular complexity index is 2070. The van der Waals surface area contributed by atoms with Gasteiger partial charge in [0.15, 0.2) is 5.96 Å². The number of hydrogen-bond acceptors (Lipinski definition) is 14. The number of guanidine groups is 1. The molecule has 0 aliphatic carbocycles. The molecular formula is C44H65N11O11S2. The van der Waals surface area contributed by atoms with E-state index < -0.39 is 108 Å². The molecule has 68 heavy (non-hydrogen) atoms. The van der Waals surface area contributed by atoms with E-state index in [9.17, 15) is 53.7 Å². The van der Waals surface area contributed by atoms with Gasteiger partial charge < -0.3 is 69.3 Å². The summed E-state index contributed by atoms with van der Waals surface area (Å²) in [5, 5.41) is 45.2. The van der Waals surface area contributed by atoms with Gasteiger partial charge in [-0.1, -0.05) is 62.7 Å². The van der Waals surface area contributed by atoms with Crippen LogP contribution >= 0.6 is 25.3 Å². The Kier molecular flexibility index (Phi) is 23.4. The molecule has 0 bridgehead atoms. The standard InChI is InChI=1S/C44H65N11O11S2/c1-3-24(2)35(54-36(58)28(45)22-67)41(63)52-32(21-56)39(61)49-29(11-7-17-48-44(46)47)42(64)55-18-8-12-34(55)40(62)51-31(20-26-13-15-27(57)16-14-26)37(59)50-30(19-25-9-5-4-6-10-25)38(60)53-33(23-68)43(65)66/h4-6,9-10,13-16,24,28-35,56-57,67-68H,3,7-8,11-12,17-23,45H2,1-2H3,(H,49,61)(H,50,59)(H,51,62)(H,52,63)(H,53,60)(H,54,58)(H,65,66)(H4,46,47,48)/t24-,28-,29-,30-,31-,32-,33-,34-,35-/m0/s1. The molecule has 374 valence electrons. The maximum absolute atomic E-state index is 14.4. The van der Waals surface area contributed by atoms with Crippen LogP contribution in [0.2, 0.25) is 0 Å². The second kappa shape index (κ2) is 28.3. The van der Waals surface area contributed by atoms with Crippen LogP contribution in [0.25, 0.3) is 0 Å². The van der Waals surface area contributed by atoms with Gasteiger partial charge in [-0.2, -0.15) is 25.3 Å². The number of carbonyl (C=O) groups is 8. The van der Waals surface area contributed by atoms with Crippen LogP contribution in [0, 0.1) is 5.92 Å². The van der Waals surface area contributed by atoms with E-state index in [-0.39, 0.29) is 68.4 Å². The molecular weight excluding hydrogens is 923 g/mol. The molecule has 0 spiro atoms. The number of carboxylic acids is 1. The first-order valence-corrected chi connectivity index (χ1v) is 23.4. The number of nitrogens with one attached hydrogen (secondary N) is 6. The number of hydrogen-bond donors (Lipinski definition) is 14. The highest BCUT2D eigenvalue weighted by Crippen LogP contribution is 2.21. The first kappa shape index (κ1) is 56.2. The Morgan fingerprint density at radius 1 is 0.750 bits per heavy atom. The third kappa shape index (κ3) is 17.5. The van der Waals surface area contributed by atoms with Crippen molar-refractivity contribution in [1.82, 2.24) is 36.8 Å². The van der Waals surface area contributed by atoms with Gasteiger partial charge in [0.1, 0.15) is 48.0 Å². The maximum atomic E-state index is 14.4. The summed E-state index contributed by atoms with van der Waals surface area (Å²) in [5.74, 6) is -7.76. The average molecular weight is 988 g/mol. The zero-order valence-corrected chi connectivity index (χ0v) is 39.8. The lowest BCUT2D eigenvalue weighted by Crippen LogP contribution is -2.61. The van der Waals surface area contributed by atoms with Crippen LogP contribution in [0.15, 0.2) is 59.6 Å². The summed E-state index contributed by atoms with van der Waals surface area (Å²) in [6.45, 7) is 2.71. The summed E-state index contributed by atoms with van der Waals surface area (Å²) in [6.07, 6.45) is 0.842. The van der Waals surface area contributed by atoms with Crippen molar-refractivity contribution in [3.8, 4) is 5.75 Å². The van der Waals surface area contributed by atoms with Crippen molar-refractivity contribution in [2.24, 2.45) is 28.1 Å². The first-order chi connectivity index (χ1) is 32.3. The Hall–Kier alpha value is -6.11. The molecule has 0 radical (unpaired) electrons. The molecule has 0 aromatic heterocycles. The van der Waals surface area contributed by atoms with Crippen molar-refractivity contribution >= 4 is 78.5 Å². The largest absolute Gasteiger partial charge is 0.508 e. The predicted octanol–water partition coefficient (Wildman–Crippen LogP) is -2.56. The molecule has 15 N–H and O–H groups in total. The number of aliphatic hydroxyl groups is 1. The highest BCUT2D eigenvalue weighted by Gasteiger charge is 2.40. The molecule has 1 aliphatic heterocycles. The molecule has 0 saturated carbocycles. The Morgan fingerprint density at radius 2 is 1.31 bits per heavy atom. The third-order valence-corrected chi connectivity index (χ3v) is 12.0. The number of aliphatic imine (C=N–C) groups is 1. The first-order valence-electron chi connectivity index (χ1n) is 22.1. The number of amides is 7. The number of aliphatic hydroxyl groups excluding tert-OH is 1. The minimum atomic E-state index is -1.59. The van der Waals surface area contributed by atoms with Gasteiger partial charge in [0.2, 0.25) is 41.4 Å². The fourth-order valence-corrected chi connectivity index (χ4v) is 7.58. The molecule has 1 heterocycles. The van der Waals surface area contributed by atoms with Gasteiger partial charge in [0, 0.05) is 37.4 Å². The quantitative estimate of drug-likeness (QED) is 0.0190. The molecule has 2 aromatic carbocycles. The van der Waals surface area contributed by atoms with Crippen molar-refractivity contribution in [3.63, 3.8) is 0 Å². The van der Waals surface area contributed by atoms with Gasteiger partial charge >= 0.3 is 5.97 Å². The Balaban J connectivity index is 1.91. The normalized spacial score (nSPS) is 16.8. The van der Waals surface area contributed by atoms with E-state index >= 15 is 0 Å². The molecule has 22 nitrogen and oxygen atoms in total. The molecule has 9 atom stereocenters. The van der Waals surface area contributed by atoms with E-state index in [1.807, 2.05) is 0 Å². The lowest BCUT2D eigenvalue weighted by atomic mass is 9.97. The van der Waals surface area contributed by atoms with E-state index in [2.05, 4.69) is 62.2 Å². The summed E-state index contributed by atoms with van der Waals surface area (Å²) in [4.78, 5) is 113. The fraction of sp³-hybridized carbons (Fsp3) is 0.523. The van der Waals surface area contributed by atoms with Crippen LogP contribution in [-0.4, -0.2) is 153 Å². The van der Waals surface area contributed by atoms with E-state index in [0.717, 1.165) is 0 Å². The van der Waals surface area contributed by atoms with Crippen LogP contribution in [0.3, 0.4) is 0 Å². The van der Waals surface area contributed by atoms with Gasteiger partial charge in [-0.05, 0) is 54.9 Å². The zero-order chi connectivity index (χ0) is 50.5. The van der Waals surface area contributed by atoms with Crippen molar-refractivity contribution < 1.29 is 53.7 Å². The van der Waals surface area contributed by atoms with Crippen LogP contribution in [0.1, 0.15) is 57.1 Å². The Labute approximate surface area is 405 Å². The number of nitrogens with zero attached hydrogens (tertiary/aromatic N) is 2. The minimum absolute atomic E-state index is 0.00101. The van der Waals surface area contributed by atoms with Crippen molar-refractivity contribution in [3.05, 3.63) is 65.7 Å². The molecule has 3 rings (SSSR count). The number of benzene rings is 2. The van der Waals surface area contributed by atoms with Crippen molar-refractivity contribution in [2.45, 2.75) is 107 Å². The number of nitrogens with two attached hydrogens (primary N) is 3. The highest BCUT2D eigenvalue weighted by molar-refractivity contribution is 7.80. The summed E-state index contributed by atoms with van der Waals surface area (Å²) in [6, 6.07) is 4.13. The number of aromatic hydroxyl groups is 1. The summed E-state index contributed by atoms with van der Waals surface area (Å²) < 4.78 is 0. The van der Waals surface area contributed by atoms with Crippen LogP contribution in [-0.2, 0) is 51.2 Å². The lowest BCUT2D eigenvalue weighted by Gasteiger charge is -2.31. The van der Waals surface area contributed by atoms with Crippen molar-refractivity contribution in [1.29, 1.82) is 0 Å². The third-order valence-electron chi connectivity index (χ3n) is 11.3. The topological polar surface area (TPSA) is 363 Å². The number of likely N-dealkylation sites (tertiary alicyclic amines) is 1. The smallest absolute Gasteiger partial charge is 0.327 e. The summed E-state index contributed by atoms with van der Waals surface area (Å²) >= 11 is 8.06. The number of aliphatic carboxylic acids is 1. The number of carboxylic acid groups (broad SMARTS) is 1. The zero-order valence-electron chi connectivity index (χ0n) is 38.0. The molecule has 7 amide bonds. The van der Waals surface area contributed by atoms with Gasteiger partial charge in [0.25, 0.3) is 0 Å². The van der Waals surface area contributed by atoms with E-state index in [1.54, 1.807) is 44.2 Å². The second-order valence-corrected chi connectivity index (χ2v) is 17.1. The van der Waals surface area contributed by atoms with E-state index in [4.69, 9.17) is 17.2 Å². The van der Waals surface area contributed by atoms with Gasteiger partial charge in [-0.15, -0.1) is 0 Å². The van der Waals surface area contributed by atoms with Crippen molar-refractivity contribution in [2.75, 3.05) is 31.2 Å². The minimum Gasteiger partial charge on any atom is -0.508 e. The molecule has 1 saturated heterocycles. The highest BCUT2D eigenvalue weighted by atomic mass is 32.1. The Morgan fingerprint density at radius 3 is 1.87 bits per heavy atom. The predicted molar refractivity (Wildman–Crippen MR) is 258 cm³/mol. The SMILES string of the molecule is CC[C@H](C)[C@H](NC(=O)[C@@H](N)CS)C(=O)N[C@@H](CO)C(=O)N[C@@H](CCCN=C(N)N)C(=O)N1CCC[C@H]1C(=O)N[C@@H](Cc1ccc(O)cc1)C(=O)N[C@@H](Cc1ccccc1)C(=O)N[C@@H](CS)C(=O)O. The van der Waals surface area contributed by atoms with Crippen LogP contribution in [0.5, 0.6) is 5.75 Å². The van der Waals surface area contributed by atoms with Gasteiger partial charge in [0.05, 0.1) is 12.6 Å². The van der Waals surface area contributed by atoms with Gasteiger partial charge in [-0.3, -0.25) is 38.6 Å². The summed E-state index contributed by atoms with van der Waals surface area (Å²) in [5.41, 5.74) is 17.9. The number of rotatable bonds is 27. The molecule has 1 fully saturated rings. The fourth-order valence-electron chi connectivity index (χ4n) is 7.17.